The van der Waals surface area contributed by atoms with Gasteiger partial charge in [0.2, 0.25) is 0 Å². The summed E-state index contributed by atoms with van der Waals surface area (Å²) in [5.41, 5.74) is 1.67. The summed E-state index contributed by atoms with van der Waals surface area (Å²) < 4.78 is 53.4. The molecule has 0 atom stereocenters. The molecule has 43 heavy (non-hydrogen) atoms. The Kier molecular flexibility index (Phi) is 9.02. The normalized spacial score (nSPS) is 13.9. The maximum absolute atomic E-state index is 13.5. The number of non-ortho nitro benzene ring substituents is 1. The van der Waals surface area contributed by atoms with Gasteiger partial charge in [-0.3, -0.25) is 19.8 Å². The minimum Gasteiger partial charge on any atom is -0.368 e. The van der Waals surface area contributed by atoms with Crippen molar-refractivity contribution in [2.75, 3.05) is 31.1 Å². The Hall–Kier alpha value is -4.36. The summed E-state index contributed by atoms with van der Waals surface area (Å²) in [4.78, 5) is 33.9. The van der Waals surface area contributed by atoms with Gasteiger partial charge in [0.05, 0.1) is 17.0 Å². The lowest BCUT2D eigenvalue weighted by molar-refractivity contribution is -0.384. The van der Waals surface area contributed by atoms with Crippen LogP contribution in [0.1, 0.15) is 32.2 Å². The first-order valence-corrected chi connectivity index (χ1v) is 14.3. The molecule has 1 amide bonds. The van der Waals surface area contributed by atoms with E-state index in [2.05, 4.69) is 9.88 Å². The molecule has 13 heteroatoms. The fourth-order valence-corrected chi connectivity index (χ4v) is 5.72. The number of halogens is 4. The van der Waals surface area contributed by atoms with Gasteiger partial charge in [-0.05, 0) is 41.5 Å². The van der Waals surface area contributed by atoms with Gasteiger partial charge in [-0.2, -0.15) is 13.2 Å². The number of anilines is 1. The van der Waals surface area contributed by atoms with Crippen molar-refractivity contribution in [1.29, 1.82) is 0 Å². The summed E-state index contributed by atoms with van der Waals surface area (Å²) >= 11 is 1.30. The summed E-state index contributed by atoms with van der Waals surface area (Å²) in [5, 5.41) is 13.2. The van der Waals surface area contributed by atoms with Gasteiger partial charge < -0.3 is 9.80 Å². The van der Waals surface area contributed by atoms with E-state index in [4.69, 9.17) is 0 Å². The number of hydrogen-bond donors (Lipinski definition) is 0. The van der Waals surface area contributed by atoms with E-state index in [1.54, 1.807) is 40.6 Å². The second-order valence-electron chi connectivity index (χ2n) is 10.1. The molecule has 0 aliphatic carbocycles. The van der Waals surface area contributed by atoms with Crippen molar-refractivity contribution in [3.8, 4) is 0 Å². The molecule has 1 fully saturated rings. The van der Waals surface area contributed by atoms with Gasteiger partial charge in [-0.1, -0.05) is 30.3 Å². The third kappa shape index (κ3) is 7.73. The number of piperazine rings is 1. The summed E-state index contributed by atoms with van der Waals surface area (Å²) in [5.74, 6) is -0.598. The third-order valence-electron chi connectivity index (χ3n) is 7.10. The number of nitro benzene ring substituents is 1. The van der Waals surface area contributed by atoms with Crippen molar-refractivity contribution in [1.82, 2.24) is 14.8 Å². The van der Waals surface area contributed by atoms with Gasteiger partial charge in [0.25, 0.3) is 11.6 Å². The van der Waals surface area contributed by atoms with Crippen molar-refractivity contribution < 1.29 is 27.3 Å². The first kappa shape index (κ1) is 30.1. The third-order valence-corrected chi connectivity index (χ3v) is 7.94. The number of carbonyl (C=O) groups excluding carboxylic acids is 1. The Morgan fingerprint density at radius 3 is 2.26 bits per heavy atom. The second-order valence-corrected chi connectivity index (χ2v) is 11.1. The van der Waals surface area contributed by atoms with Gasteiger partial charge in [0.1, 0.15) is 16.5 Å². The summed E-state index contributed by atoms with van der Waals surface area (Å²) in [7, 11) is 0. The maximum Gasteiger partial charge on any atom is 0.416 e. The smallest absolute Gasteiger partial charge is 0.368 e. The molecule has 0 unspecified atom stereocenters. The Morgan fingerprint density at radius 2 is 1.60 bits per heavy atom. The van der Waals surface area contributed by atoms with Crippen LogP contribution in [-0.2, 0) is 25.8 Å². The molecule has 4 aromatic rings. The van der Waals surface area contributed by atoms with Crippen LogP contribution < -0.4 is 4.90 Å². The summed E-state index contributed by atoms with van der Waals surface area (Å²) in [6.07, 6.45) is -4.46. The van der Waals surface area contributed by atoms with E-state index >= 15 is 0 Å². The quantitative estimate of drug-likeness (QED) is 0.124. The zero-order valence-corrected chi connectivity index (χ0v) is 23.7. The van der Waals surface area contributed by atoms with Gasteiger partial charge in [-0.15, -0.1) is 11.3 Å². The zero-order valence-electron chi connectivity index (χ0n) is 22.8. The zero-order chi connectivity index (χ0) is 30.6. The molecule has 0 saturated carbocycles. The standard InChI is InChI=1S/C30H27F4N5O3S/c31-24-6-4-21(5-7-24)17-36(18-22-2-1-3-23(16-22)30(32,33)34)19-28-35-27(20-43-28)29(40)38-14-12-37(13-15-38)25-8-10-26(11-9-25)39(41)42/h1-11,16,20H,12-15,17-19H2. The number of rotatable bonds is 9. The monoisotopic (exact) mass is 613 g/mol. The molecule has 1 aliphatic rings. The molecule has 0 spiro atoms. The van der Waals surface area contributed by atoms with Crippen molar-refractivity contribution in [3.05, 3.63) is 121 Å². The Morgan fingerprint density at radius 1 is 0.930 bits per heavy atom. The van der Waals surface area contributed by atoms with Gasteiger partial charge >= 0.3 is 6.18 Å². The number of amides is 1. The average molecular weight is 614 g/mol. The van der Waals surface area contributed by atoms with E-state index in [1.165, 1.54) is 41.7 Å². The fraction of sp³-hybridized carbons (Fsp3) is 0.267. The minimum atomic E-state index is -4.46. The highest BCUT2D eigenvalue weighted by Crippen LogP contribution is 2.30. The lowest BCUT2D eigenvalue weighted by atomic mass is 10.1. The molecule has 1 aliphatic heterocycles. The van der Waals surface area contributed by atoms with Crippen molar-refractivity contribution in [2.45, 2.75) is 25.8 Å². The largest absolute Gasteiger partial charge is 0.416 e. The van der Waals surface area contributed by atoms with Crippen LogP contribution >= 0.6 is 11.3 Å². The van der Waals surface area contributed by atoms with Crippen LogP contribution in [0.3, 0.4) is 0 Å². The predicted molar refractivity (Wildman–Crippen MR) is 154 cm³/mol. The Balaban J connectivity index is 1.24. The van der Waals surface area contributed by atoms with E-state index in [9.17, 15) is 32.5 Å². The van der Waals surface area contributed by atoms with Crippen LogP contribution in [0.25, 0.3) is 0 Å². The van der Waals surface area contributed by atoms with Gasteiger partial charge in [-0.25, -0.2) is 9.37 Å². The Bertz CT molecular complexity index is 1570. The second kappa shape index (κ2) is 12.9. The van der Waals surface area contributed by atoms with Crippen LogP contribution in [-0.4, -0.2) is 51.8 Å². The molecule has 1 aromatic heterocycles. The van der Waals surface area contributed by atoms with E-state index < -0.39 is 16.7 Å². The molecule has 1 saturated heterocycles. The highest BCUT2D eigenvalue weighted by atomic mass is 32.1. The lowest BCUT2D eigenvalue weighted by Gasteiger charge is -2.35. The SMILES string of the molecule is O=C(c1csc(CN(Cc2ccc(F)cc2)Cc2cccc(C(F)(F)F)c2)n1)N1CCN(c2ccc([N+](=O)[O-])cc2)CC1. The number of benzene rings is 3. The lowest BCUT2D eigenvalue weighted by Crippen LogP contribution is -2.48. The molecular formula is C30H27F4N5O3S. The van der Waals surface area contributed by atoms with Crippen LogP contribution in [0.15, 0.2) is 78.2 Å². The van der Waals surface area contributed by atoms with Gasteiger partial charge in [0, 0.05) is 62.5 Å². The highest BCUT2D eigenvalue weighted by molar-refractivity contribution is 7.09. The Labute approximate surface area is 248 Å². The van der Waals surface area contributed by atoms with E-state index in [0.717, 1.165) is 23.4 Å². The molecule has 224 valence electrons. The maximum atomic E-state index is 13.5. The van der Waals surface area contributed by atoms with Crippen LogP contribution in [0, 0.1) is 15.9 Å². The fourth-order valence-electron chi connectivity index (χ4n) is 4.91. The topological polar surface area (TPSA) is 82.8 Å². The van der Waals surface area contributed by atoms with Crippen molar-refractivity contribution in [2.24, 2.45) is 0 Å². The number of alkyl halides is 3. The summed E-state index contributed by atoms with van der Waals surface area (Å²) in [6.45, 7) is 2.83. The number of nitrogens with zero attached hydrogens (tertiary/aromatic N) is 5. The first-order valence-electron chi connectivity index (χ1n) is 13.4. The molecular weight excluding hydrogens is 586 g/mol. The van der Waals surface area contributed by atoms with Crippen LogP contribution in [0.2, 0.25) is 0 Å². The first-order chi connectivity index (χ1) is 20.5. The highest BCUT2D eigenvalue weighted by Gasteiger charge is 2.30. The molecule has 8 nitrogen and oxygen atoms in total. The number of nitro groups is 1. The average Bonchev–Trinajstić information content (AvgIpc) is 3.46. The van der Waals surface area contributed by atoms with E-state index in [-0.39, 0.29) is 30.5 Å². The molecule has 2 heterocycles. The molecule has 0 bridgehead atoms. The van der Waals surface area contributed by atoms with Crippen molar-refractivity contribution in [3.63, 3.8) is 0 Å². The summed E-state index contributed by atoms with van der Waals surface area (Å²) in [6, 6.07) is 17.4. The number of aromatic nitrogens is 1. The van der Waals surface area contributed by atoms with E-state index in [1.807, 2.05) is 4.90 Å². The van der Waals surface area contributed by atoms with Crippen LogP contribution in [0.5, 0.6) is 0 Å². The number of carbonyl (C=O) groups is 1. The van der Waals surface area contributed by atoms with Crippen molar-refractivity contribution >= 4 is 28.6 Å². The van der Waals surface area contributed by atoms with Gasteiger partial charge in [0.15, 0.2) is 0 Å². The van der Waals surface area contributed by atoms with Crippen LogP contribution in [0.4, 0.5) is 28.9 Å². The molecule has 0 radical (unpaired) electrons. The minimum absolute atomic E-state index is 0.0166. The number of hydrogen-bond acceptors (Lipinski definition) is 7. The number of thiazole rings is 1. The van der Waals surface area contributed by atoms with E-state index in [0.29, 0.717) is 49.0 Å². The predicted octanol–water partition coefficient (Wildman–Crippen LogP) is 6.37. The molecule has 3 aromatic carbocycles. The molecule has 0 N–H and O–H groups in total. The molecule has 5 rings (SSSR count).